The van der Waals surface area contributed by atoms with Crippen molar-refractivity contribution < 1.29 is 32.3 Å². The quantitative estimate of drug-likeness (QED) is 0.228. The largest absolute Gasteiger partial charge is 0.504 e. The Morgan fingerprint density at radius 3 is 2.49 bits per heavy atom. The summed E-state index contributed by atoms with van der Waals surface area (Å²) in [6.07, 6.45) is -1.73. The van der Waals surface area contributed by atoms with Crippen molar-refractivity contribution in [3.05, 3.63) is 92.9 Å². The van der Waals surface area contributed by atoms with Gasteiger partial charge in [0.25, 0.3) is 11.5 Å². The Morgan fingerprint density at radius 1 is 1.04 bits per heavy atom. The minimum Gasteiger partial charge on any atom is -0.504 e. The van der Waals surface area contributed by atoms with E-state index in [0.29, 0.717) is 22.8 Å². The number of fused-ring (bicyclic) bond motifs is 2. The van der Waals surface area contributed by atoms with Crippen molar-refractivity contribution in [3.63, 3.8) is 0 Å². The van der Waals surface area contributed by atoms with Crippen LogP contribution in [0.15, 0.2) is 53.7 Å². The second kappa shape index (κ2) is 13.5. The van der Waals surface area contributed by atoms with E-state index in [0.717, 1.165) is 16.6 Å². The number of nitrogens with one attached hydrogen (secondary N) is 1. The number of anilines is 2. The molecule has 274 valence electrons. The Hall–Kier alpha value is -6.11. The minimum absolute atomic E-state index is 0.0118. The van der Waals surface area contributed by atoms with E-state index in [1.807, 2.05) is 0 Å². The molecule has 7 rings (SSSR count). The third-order valence-corrected chi connectivity index (χ3v) is 9.13. The van der Waals surface area contributed by atoms with E-state index in [-0.39, 0.29) is 77.7 Å². The number of alkyl halides is 3. The molecule has 2 N–H and O–H groups in total. The van der Waals surface area contributed by atoms with Crippen LogP contribution in [0.4, 0.5) is 28.9 Å². The SMILES string of the molecule is CCc1c(N2CCN(C(=O)c3ncnc(C)c3O)CC2)c(=O)n2nc(-c3ccn4nc(F)cc4c3)nc2n1CC(=O)Nc1ccc(C(F)(F)F)cc1Cl. The van der Waals surface area contributed by atoms with Gasteiger partial charge in [-0.3, -0.25) is 14.4 Å². The lowest BCUT2D eigenvalue weighted by molar-refractivity contribution is -0.137. The van der Waals surface area contributed by atoms with E-state index in [1.165, 1.54) is 32.6 Å². The third-order valence-electron chi connectivity index (χ3n) is 8.82. The first kappa shape index (κ1) is 35.3. The number of aromatic hydroxyl groups is 1. The second-order valence-corrected chi connectivity index (χ2v) is 12.5. The number of carbonyl (C=O) groups is 2. The van der Waals surface area contributed by atoms with Crippen LogP contribution in [0.5, 0.6) is 5.75 Å². The Labute approximate surface area is 301 Å². The summed E-state index contributed by atoms with van der Waals surface area (Å²) in [7, 11) is 0. The Bertz CT molecular complexity index is 2490. The predicted molar refractivity (Wildman–Crippen MR) is 182 cm³/mol. The summed E-state index contributed by atoms with van der Waals surface area (Å²) in [5, 5.41) is 20.8. The summed E-state index contributed by atoms with van der Waals surface area (Å²) in [5.74, 6) is -2.15. The van der Waals surface area contributed by atoms with Crippen LogP contribution in [0, 0.1) is 12.9 Å². The molecule has 1 saturated heterocycles. The van der Waals surface area contributed by atoms with Gasteiger partial charge in [-0.25, -0.2) is 14.5 Å². The number of pyridine rings is 1. The lowest BCUT2D eigenvalue weighted by Crippen LogP contribution is -2.51. The maximum Gasteiger partial charge on any atom is 0.416 e. The summed E-state index contributed by atoms with van der Waals surface area (Å²) in [6, 6.07) is 6.91. The van der Waals surface area contributed by atoms with Crippen molar-refractivity contribution in [2.45, 2.75) is 33.0 Å². The molecular weight excluding hydrogens is 726 g/mol. The van der Waals surface area contributed by atoms with Crippen LogP contribution in [0.2, 0.25) is 5.02 Å². The highest BCUT2D eigenvalue weighted by molar-refractivity contribution is 6.33. The number of carbonyl (C=O) groups excluding carboxylic acids is 2. The Morgan fingerprint density at radius 2 is 1.79 bits per heavy atom. The molecule has 6 heterocycles. The smallest absolute Gasteiger partial charge is 0.416 e. The topological polar surface area (TPSA) is 168 Å². The molecule has 6 aromatic rings. The van der Waals surface area contributed by atoms with Gasteiger partial charge in [0.15, 0.2) is 17.3 Å². The van der Waals surface area contributed by atoms with Gasteiger partial charge in [-0.2, -0.15) is 27.1 Å². The first-order valence-electron chi connectivity index (χ1n) is 16.1. The zero-order chi connectivity index (χ0) is 37.8. The highest BCUT2D eigenvalue weighted by Crippen LogP contribution is 2.34. The van der Waals surface area contributed by atoms with Crippen molar-refractivity contribution in [3.8, 4) is 17.1 Å². The number of hydrogen-bond donors (Lipinski definition) is 2. The fourth-order valence-electron chi connectivity index (χ4n) is 6.19. The number of aromatic nitrogens is 8. The van der Waals surface area contributed by atoms with E-state index >= 15 is 0 Å². The van der Waals surface area contributed by atoms with E-state index in [1.54, 1.807) is 30.9 Å². The summed E-state index contributed by atoms with van der Waals surface area (Å²) in [4.78, 5) is 56.8. The van der Waals surface area contributed by atoms with E-state index in [9.17, 15) is 37.1 Å². The van der Waals surface area contributed by atoms with Gasteiger partial charge in [0.1, 0.15) is 18.6 Å². The predicted octanol–water partition coefficient (Wildman–Crippen LogP) is 3.98. The van der Waals surface area contributed by atoms with Crippen LogP contribution in [0.1, 0.15) is 34.4 Å². The van der Waals surface area contributed by atoms with Crippen molar-refractivity contribution >= 4 is 46.1 Å². The monoisotopic (exact) mass is 753 g/mol. The van der Waals surface area contributed by atoms with Gasteiger partial charge in [0.2, 0.25) is 17.6 Å². The third kappa shape index (κ3) is 6.58. The van der Waals surface area contributed by atoms with E-state index in [4.69, 9.17) is 11.6 Å². The number of piperazine rings is 1. The minimum atomic E-state index is -4.64. The molecule has 5 aromatic heterocycles. The molecule has 15 nitrogen and oxygen atoms in total. The first-order chi connectivity index (χ1) is 25.2. The van der Waals surface area contributed by atoms with Crippen molar-refractivity contribution in [2.24, 2.45) is 0 Å². The molecule has 0 spiro atoms. The van der Waals surface area contributed by atoms with E-state index < -0.39 is 41.6 Å². The maximum absolute atomic E-state index is 14.3. The van der Waals surface area contributed by atoms with Gasteiger partial charge in [-0.15, -0.1) is 10.2 Å². The molecule has 0 radical (unpaired) electrons. The van der Waals surface area contributed by atoms with Gasteiger partial charge < -0.3 is 24.8 Å². The molecule has 53 heavy (non-hydrogen) atoms. The number of aryl methyl sites for hydroxylation is 1. The fourth-order valence-corrected chi connectivity index (χ4v) is 6.41. The lowest BCUT2D eigenvalue weighted by atomic mass is 10.2. The summed E-state index contributed by atoms with van der Waals surface area (Å²) >= 11 is 6.11. The van der Waals surface area contributed by atoms with Gasteiger partial charge in [0, 0.05) is 44.0 Å². The highest BCUT2D eigenvalue weighted by Gasteiger charge is 2.32. The molecule has 20 heteroatoms. The van der Waals surface area contributed by atoms with Gasteiger partial charge in [-0.05, 0) is 43.7 Å². The highest BCUT2D eigenvalue weighted by atomic mass is 35.5. The first-order valence-corrected chi connectivity index (χ1v) is 16.5. The van der Waals surface area contributed by atoms with Crippen LogP contribution in [-0.2, 0) is 23.9 Å². The number of hydrogen-bond acceptors (Lipinski definition) is 10. The Kier molecular flexibility index (Phi) is 8.96. The van der Waals surface area contributed by atoms with Crippen molar-refractivity contribution in [2.75, 3.05) is 36.4 Å². The molecule has 1 fully saturated rings. The molecule has 0 saturated carbocycles. The maximum atomic E-state index is 14.3. The molecular formula is C33H28ClF4N11O4. The molecule has 1 aromatic carbocycles. The number of benzene rings is 1. The number of halogens is 5. The van der Waals surface area contributed by atoms with Crippen LogP contribution >= 0.6 is 11.6 Å². The number of amides is 2. The standard InChI is InChI=1S/C33H28ClF4N11O4/c1-3-23-27(45-8-10-46(11-9-45)30(52)26-28(51)17(2)39-16-40-26)31(53)49-32(42-29(44-49)18-6-7-48-20(12-18)14-24(35)43-48)47(23)15-25(50)41-22-5-4-19(13-21(22)34)33(36,37)38/h4-7,12-14,16,51H,3,8-11,15H2,1-2H3,(H,41,50). The molecule has 2 amide bonds. The van der Waals surface area contributed by atoms with Gasteiger partial charge >= 0.3 is 6.18 Å². The summed E-state index contributed by atoms with van der Waals surface area (Å²) in [5.41, 5.74) is -0.0951. The zero-order valence-corrected chi connectivity index (χ0v) is 28.7. The molecule has 0 unspecified atom stereocenters. The van der Waals surface area contributed by atoms with Crippen LogP contribution in [-0.4, -0.2) is 86.7 Å². The average molecular weight is 754 g/mol. The molecule has 0 aliphatic carbocycles. The van der Waals surface area contributed by atoms with Crippen molar-refractivity contribution in [1.82, 2.24) is 43.6 Å². The van der Waals surface area contributed by atoms with E-state index in [2.05, 4.69) is 30.5 Å². The van der Waals surface area contributed by atoms with Crippen LogP contribution < -0.4 is 15.8 Å². The fraction of sp³-hybridized carbons (Fsp3) is 0.273. The molecule has 1 aliphatic rings. The lowest BCUT2D eigenvalue weighted by Gasteiger charge is -2.36. The second-order valence-electron chi connectivity index (χ2n) is 12.1. The summed E-state index contributed by atoms with van der Waals surface area (Å²) < 4.78 is 57.4. The van der Waals surface area contributed by atoms with Gasteiger partial charge in [0.05, 0.1) is 33.2 Å². The summed E-state index contributed by atoms with van der Waals surface area (Å²) in [6.45, 7) is 3.54. The number of nitrogens with zero attached hydrogens (tertiary/aromatic N) is 10. The number of rotatable bonds is 7. The molecule has 0 atom stereocenters. The Balaban J connectivity index is 1.27. The van der Waals surface area contributed by atoms with Crippen molar-refractivity contribution in [1.29, 1.82) is 0 Å². The normalized spacial score (nSPS) is 13.6. The zero-order valence-electron chi connectivity index (χ0n) is 27.9. The van der Waals surface area contributed by atoms with Crippen LogP contribution in [0.3, 0.4) is 0 Å². The van der Waals surface area contributed by atoms with Crippen LogP contribution in [0.25, 0.3) is 22.7 Å². The van der Waals surface area contributed by atoms with Gasteiger partial charge in [-0.1, -0.05) is 18.5 Å². The molecule has 0 bridgehead atoms. The average Bonchev–Trinajstić information content (AvgIpc) is 3.74. The molecule has 1 aliphatic heterocycles.